The number of nitrogen functional groups attached to an aromatic ring is 2. The van der Waals surface area contributed by atoms with Crippen molar-refractivity contribution in [2.45, 2.75) is 6.54 Å². The normalized spacial score (nSPS) is 10.2. The van der Waals surface area contributed by atoms with Gasteiger partial charge in [0.05, 0.1) is 19.9 Å². The van der Waals surface area contributed by atoms with E-state index in [2.05, 4.69) is 9.97 Å². The third kappa shape index (κ3) is 3.25. The van der Waals surface area contributed by atoms with E-state index in [1.54, 1.807) is 20.4 Å². The molecule has 0 bridgehead atoms. The molecule has 0 aliphatic rings. The van der Waals surface area contributed by atoms with Crippen molar-refractivity contribution in [3.8, 4) is 11.5 Å². The van der Waals surface area contributed by atoms with E-state index in [0.29, 0.717) is 12.4 Å². The number of nitrogens with zero attached hydrogens (tertiary/aromatic N) is 3. The molecule has 0 spiro atoms. The predicted octanol–water partition coefficient (Wildman–Crippen LogP) is 1.29. The van der Waals surface area contributed by atoms with E-state index in [0.717, 1.165) is 22.7 Å². The van der Waals surface area contributed by atoms with E-state index >= 15 is 0 Å². The maximum Gasteiger partial charge on any atom is 0.221 e. The molecule has 0 aliphatic heterocycles. The van der Waals surface area contributed by atoms with Crippen LogP contribution in [0.5, 0.6) is 11.5 Å². The monoisotopic (exact) mass is 289 g/mol. The fourth-order valence-electron chi connectivity index (χ4n) is 1.99. The summed E-state index contributed by atoms with van der Waals surface area (Å²) in [6.45, 7) is 0.523. The van der Waals surface area contributed by atoms with Crippen molar-refractivity contribution in [3.63, 3.8) is 0 Å². The lowest BCUT2D eigenvalue weighted by Crippen LogP contribution is -2.19. The molecule has 2 aromatic rings. The molecule has 0 fully saturated rings. The largest absolute Gasteiger partial charge is 0.497 e. The fourth-order valence-corrected chi connectivity index (χ4v) is 1.99. The highest BCUT2D eigenvalue weighted by atomic mass is 16.5. The molecular weight excluding hydrogens is 270 g/mol. The molecule has 0 aliphatic carbocycles. The van der Waals surface area contributed by atoms with E-state index in [4.69, 9.17) is 20.9 Å². The van der Waals surface area contributed by atoms with Crippen molar-refractivity contribution in [1.29, 1.82) is 0 Å². The summed E-state index contributed by atoms with van der Waals surface area (Å²) in [5.41, 5.74) is 13.0. The Morgan fingerprint density at radius 3 is 2.57 bits per heavy atom. The minimum absolute atomic E-state index is 0.165. The first-order valence-corrected chi connectivity index (χ1v) is 6.35. The van der Waals surface area contributed by atoms with E-state index in [1.807, 2.05) is 30.1 Å². The van der Waals surface area contributed by atoms with Crippen LogP contribution < -0.4 is 25.8 Å². The zero-order valence-electron chi connectivity index (χ0n) is 12.3. The molecule has 0 saturated carbocycles. The van der Waals surface area contributed by atoms with Gasteiger partial charge in [-0.25, -0.2) is 4.98 Å². The quantitative estimate of drug-likeness (QED) is 0.855. The highest BCUT2D eigenvalue weighted by Crippen LogP contribution is 2.32. The molecule has 4 N–H and O–H groups in total. The average molecular weight is 289 g/mol. The Kier molecular flexibility index (Phi) is 4.32. The molecule has 21 heavy (non-hydrogen) atoms. The van der Waals surface area contributed by atoms with Gasteiger partial charge in [-0.1, -0.05) is 0 Å². The van der Waals surface area contributed by atoms with Crippen molar-refractivity contribution >= 4 is 17.5 Å². The van der Waals surface area contributed by atoms with E-state index in [-0.39, 0.29) is 5.95 Å². The minimum Gasteiger partial charge on any atom is -0.497 e. The topological polar surface area (TPSA) is 99.5 Å². The van der Waals surface area contributed by atoms with Crippen LogP contribution in [0, 0.1) is 0 Å². The van der Waals surface area contributed by atoms with Crippen molar-refractivity contribution in [1.82, 2.24) is 9.97 Å². The van der Waals surface area contributed by atoms with Crippen LogP contribution in [0.25, 0.3) is 0 Å². The van der Waals surface area contributed by atoms with Gasteiger partial charge in [0.15, 0.2) is 0 Å². The summed E-state index contributed by atoms with van der Waals surface area (Å²) in [6.07, 6.45) is 1.63. The number of rotatable bonds is 5. The smallest absolute Gasteiger partial charge is 0.221 e. The molecule has 0 unspecified atom stereocenters. The third-order valence-corrected chi connectivity index (χ3v) is 3.12. The minimum atomic E-state index is 0.165. The van der Waals surface area contributed by atoms with Crippen molar-refractivity contribution in [3.05, 3.63) is 30.0 Å². The lowest BCUT2D eigenvalue weighted by molar-refractivity contribution is 0.403. The first-order chi connectivity index (χ1) is 10.0. The molecule has 1 aromatic carbocycles. The molecule has 1 aromatic heterocycles. The SMILES string of the molecule is COc1ccc(OC)c(N(C)Cc2cnc(N)nc2N)c1. The van der Waals surface area contributed by atoms with E-state index in [1.165, 1.54) is 0 Å². The van der Waals surface area contributed by atoms with E-state index in [9.17, 15) is 0 Å². The summed E-state index contributed by atoms with van der Waals surface area (Å²) in [5.74, 6) is 2.03. The number of ether oxygens (including phenoxy) is 2. The van der Waals surface area contributed by atoms with Crippen LogP contribution in [0.2, 0.25) is 0 Å². The predicted molar refractivity (Wildman–Crippen MR) is 82.5 cm³/mol. The van der Waals surface area contributed by atoms with Crippen LogP contribution in [-0.4, -0.2) is 31.2 Å². The molecule has 2 rings (SSSR count). The highest BCUT2D eigenvalue weighted by molar-refractivity contribution is 5.62. The Morgan fingerprint density at radius 2 is 1.95 bits per heavy atom. The lowest BCUT2D eigenvalue weighted by atomic mass is 10.2. The standard InChI is InChI=1S/C14H19N5O2/c1-19(8-9-7-17-14(16)18-13(9)15)11-6-10(20-2)4-5-12(11)21-3/h4-7H,8H2,1-3H3,(H4,15,16,17,18). The summed E-state index contributed by atoms with van der Waals surface area (Å²) in [6, 6.07) is 5.59. The molecular formula is C14H19N5O2. The number of methoxy groups -OCH3 is 2. The Morgan fingerprint density at radius 1 is 1.19 bits per heavy atom. The maximum atomic E-state index is 5.86. The first-order valence-electron chi connectivity index (χ1n) is 6.35. The molecule has 1 heterocycles. The summed E-state index contributed by atoms with van der Waals surface area (Å²) < 4.78 is 10.6. The van der Waals surface area contributed by atoms with Gasteiger partial charge < -0.3 is 25.8 Å². The van der Waals surface area contributed by atoms with Crippen LogP contribution in [0.15, 0.2) is 24.4 Å². The Labute approximate surface area is 123 Å². The number of anilines is 3. The second-order valence-corrected chi connectivity index (χ2v) is 4.53. The number of aromatic nitrogens is 2. The molecule has 0 saturated heterocycles. The molecule has 7 nitrogen and oxygen atoms in total. The van der Waals surface area contributed by atoms with Gasteiger partial charge in [-0.05, 0) is 12.1 Å². The number of benzene rings is 1. The van der Waals surface area contributed by atoms with Gasteiger partial charge in [-0.3, -0.25) is 0 Å². The van der Waals surface area contributed by atoms with Crippen molar-refractivity contribution < 1.29 is 9.47 Å². The zero-order chi connectivity index (χ0) is 15.4. The highest BCUT2D eigenvalue weighted by Gasteiger charge is 2.12. The maximum absolute atomic E-state index is 5.86. The molecule has 7 heteroatoms. The Balaban J connectivity index is 2.28. The Hall–Kier alpha value is -2.70. The van der Waals surface area contributed by atoms with Crippen LogP contribution in [0.4, 0.5) is 17.5 Å². The van der Waals surface area contributed by atoms with Gasteiger partial charge in [-0.15, -0.1) is 0 Å². The molecule has 0 amide bonds. The molecule has 0 atom stereocenters. The van der Waals surface area contributed by atoms with Gasteiger partial charge in [0.1, 0.15) is 17.3 Å². The second-order valence-electron chi connectivity index (χ2n) is 4.53. The van der Waals surface area contributed by atoms with Gasteiger partial charge in [-0.2, -0.15) is 4.98 Å². The van der Waals surface area contributed by atoms with Crippen molar-refractivity contribution in [2.24, 2.45) is 0 Å². The average Bonchev–Trinajstić information content (AvgIpc) is 2.49. The van der Waals surface area contributed by atoms with Crippen LogP contribution in [0.1, 0.15) is 5.56 Å². The van der Waals surface area contributed by atoms with E-state index < -0.39 is 0 Å². The fraction of sp³-hybridized carbons (Fsp3) is 0.286. The first kappa shape index (κ1) is 14.7. The molecule has 0 radical (unpaired) electrons. The second kappa shape index (κ2) is 6.17. The number of nitrogens with two attached hydrogens (primary N) is 2. The lowest BCUT2D eigenvalue weighted by Gasteiger charge is -2.22. The van der Waals surface area contributed by atoms with Crippen molar-refractivity contribution in [2.75, 3.05) is 37.6 Å². The van der Waals surface area contributed by atoms with Crippen LogP contribution in [0.3, 0.4) is 0 Å². The number of hydrogen-bond donors (Lipinski definition) is 2. The van der Waals surface area contributed by atoms with Crippen LogP contribution >= 0.6 is 0 Å². The summed E-state index contributed by atoms with van der Waals surface area (Å²) in [5, 5.41) is 0. The van der Waals surface area contributed by atoms with Gasteiger partial charge in [0, 0.05) is 31.4 Å². The Bertz CT molecular complexity index is 633. The zero-order valence-corrected chi connectivity index (χ0v) is 12.3. The summed E-state index contributed by atoms with van der Waals surface area (Å²) in [7, 11) is 5.17. The van der Waals surface area contributed by atoms with Gasteiger partial charge in [0.25, 0.3) is 0 Å². The van der Waals surface area contributed by atoms with Gasteiger partial charge in [0.2, 0.25) is 5.95 Å². The molecule has 112 valence electrons. The summed E-state index contributed by atoms with van der Waals surface area (Å²) >= 11 is 0. The number of hydrogen-bond acceptors (Lipinski definition) is 7. The third-order valence-electron chi connectivity index (χ3n) is 3.12. The summed E-state index contributed by atoms with van der Waals surface area (Å²) in [4.78, 5) is 9.90. The van der Waals surface area contributed by atoms with Crippen LogP contribution in [-0.2, 0) is 6.54 Å². The van der Waals surface area contributed by atoms with Gasteiger partial charge >= 0.3 is 0 Å².